The van der Waals surface area contributed by atoms with E-state index >= 15 is 0 Å². The smallest absolute Gasteiger partial charge is 0 e. The third-order valence-electron chi connectivity index (χ3n) is 0. The minimum Gasteiger partial charge on any atom is 0 e. The first-order chi connectivity index (χ1) is 1.73. The van der Waals surface area contributed by atoms with Crippen LogP contribution in [0.25, 0.3) is 0 Å². The Hall–Kier alpha value is 1.12. The normalized spacial score (nSPS) is 7.00. The van der Waals surface area contributed by atoms with Gasteiger partial charge in [-0.3, -0.25) is 0 Å². The van der Waals surface area contributed by atoms with Crippen molar-refractivity contribution in [3.63, 3.8) is 0 Å². The van der Waals surface area contributed by atoms with E-state index in [0.717, 1.165) is 0 Å². The quantitative estimate of drug-likeness (QED) is 0.503. The maximum Gasteiger partial charge on any atom is 0 e. The van der Waals surface area contributed by atoms with Crippen LogP contribution in [0.3, 0.4) is 0 Å². The summed E-state index contributed by atoms with van der Waals surface area (Å²) in [6.07, 6.45) is 0. The van der Waals surface area contributed by atoms with Crippen LogP contribution in [-0.4, -0.2) is 49.1 Å². The fourth-order valence-electron chi connectivity index (χ4n) is 0. The SMILES string of the molecule is O=[Se](O)O.[Bi]. The molecule has 5 heavy (non-hydrogen) atoms. The van der Waals surface area contributed by atoms with Crippen molar-refractivity contribution in [2.45, 2.75) is 0 Å². The van der Waals surface area contributed by atoms with Gasteiger partial charge in [0.25, 0.3) is 0 Å². The van der Waals surface area contributed by atoms with Crippen LogP contribution in [0.4, 0.5) is 0 Å². The van der Waals surface area contributed by atoms with Crippen molar-refractivity contribution in [3.8, 4) is 0 Å². The molecule has 0 spiro atoms. The zero-order chi connectivity index (χ0) is 3.58. The Morgan fingerprint density at radius 1 is 1.40 bits per heavy atom. The van der Waals surface area contributed by atoms with E-state index in [1.807, 2.05) is 0 Å². The molecular weight excluding hydrogens is 336 g/mol. The first kappa shape index (κ1) is 9.45. The third kappa shape index (κ3) is 39.6. The fourth-order valence-corrected chi connectivity index (χ4v) is 0. The Labute approximate surface area is 52.9 Å². The standard InChI is InChI=1S/Bi.H2O3Se/c;1-4(2)3/h;(H2,1,2,3). The molecular formula is H2BiO3Se. The second kappa shape index (κ2) is 5.12. The van der Waals surface area contributed by atoms with Crippen LogP contribution < -0.4 is 0 Å². The average molecular weight is 338 g/mol. The summed E-state index contributed by atoms with van der Waals surface area (Å²) in [6, 6.07) is 0. The van der Waals surface area contributed by atoms with Gasteiger partial charge in [0, 0.05) is 26.2 Å². The molecule has 0 aliphatic carbocycles. The summed E-state index contributed by atoms with van der Waals surface area (Å²) in [4.78, 5) is 0. The van der Waals surface area contributed by atoms with Crippen molar-refractivity contribution in [1.29, 1.82) is 0 Å². The Morgan fingerprint density at radius 3 is 1.40 bits per heavy atom. The monoisotopic (exact) mass is 339 g/mol. The Bertz CT molecular complexity index is 29.9. The maximum absolute atomic E-state index is 8.76. The summed E-state index contributed by atoms with van der Waals surface area (Å²) in [5.41, 5.74) is 0. The van der Waals surface area contributed by atoms with Crippen LogP contribution in [0.15, 0.2) is 0 Å². The molecule has 0 amide bonds. The van der Waals surface area contributed by atoms with Crippen molar-refractivity contribution < 1.29 is 12.2 Å². The summed E-state index contributed by atoms with van der Waals surface area (Å²) >= 11 is -3.29. The zero-order valence-electron chi connectivity index (χ0n) is 2.16. The fraction of sp³-hybridized carbons (Fsp3) is 0. The van der Waals surface area contributed by atoms with E-state index in [4.69, 9.17) is 12.2 Å². The number of hydrogen-bond donors (Lipinski definition) is 2. The van der Waals surface area contributed by atoms with Gasteiger partial charge in [-0.2, -0.15) is 0 Å². The van der Waals surface area contributed by atoms with Gasteiger partial charge in [0.1, 0.15) is 0 Å². The average Bonchev–Trinajstić information content (AvgIpc) is 0.811. The molecule has 3 nitrogen and oxygen atoms in total. The molecule has 0 saturated heterocycles. The molecule has 0 saturated carbocycles. The summed E-state index contributed by atoms with van der Waals surface area (Å²) < 4.78 is 23.1. The second-order valence-corrected chi connectivity index (χ2v) is 1.20. The van der Waals surface area contributed by atoms with E-state index in [1.165, 1.54) is 0 Å². The number of rotatable bonds is 0. The van der Waals surface area contributed by atoms with Gasteiger partial charge < -0.3 is 0 Å². The van der Waals surface area contributed by atoms with E-state index in [0.29, 0.717) is 0 Å². The van der Waals surface area contributed by atoms with Crippen LogP contribution in [0.5, 0.6) is 0 Å². The van der Waals surface area contributed by atoms with E-state index in [9.17, 15) is 0 Å². The van der Waals surface area contributed by atoms with Crippen LogP contribution >= 0.6 is 0 Å². The van der Waals surface area contributed by atoms with Gasteiger partial charge in [0.15, 0.2) is 0 Å². The summed E-state index contributed by atoms with van der Waals surface area (Å²) in [6.45, 7) is 0. The van der Waals surface area contributed by atoms with E-state index in [1.54, 1.807) is 0 Å². The van der Waals surface area contributed by atoms with Crippen molar-refractivity contribution >= 4 is 40.7 Å². The molecule has 0 rings (SSSR count). The molecule has 0 bridgehead atoms. The van der Waals surface area contributed by atoms with Gasteiger partial charge in [0.05, 0.1) is 0 Å². The topological polar surface area (TPSA) is 57.5 Å². The molecule has 0 aromatic rings. The summed E-state index contributed by atoms with van der Waals surface area (Å²) in [5, 5.41) is 0. The van der Waals surface area contributed by atoms with Gasteiger partial charge in [0.2, 0.25) is 0 Å². The first-order valence-electron chi connectivity index (χ1n) is 0.532. The van der Waals surface area contributed by atoms with Crippen LogP contribution in [-0.2, 0) is 3.83 Å². The predicted molar refractivity (Wildman–Crippen MR) is 16.6 cm³/mol. The van der Waals surface area contributed by atoms with Crippen LogP contribution in [0, 0.1) is 0 Å². The predicted octanol–water partition coefficient (Wildman–Crippen LogP) is -1.99. The van der Waals surface area contributed by atoms with E-state index in [-0.39, 0.29) is 26.2 Å². The third-order valence-corrected chi connectivity index (χ3v) is 0. The molecule has 0 atom stereocenters. The molecule has 0 aromatic carbocycles. The zero-order valence-corrected chi connectivity index (χ0v) is 7.35. The molecule has 0 aromatic heterocycles. The molecule has 31 valence electrons. The minimum absolute atomic E-state index is 0. The van der Waals surface area contributed by atoms with Gasteiger partial charge in [-0.25, -0.2) is 0 Å². The molecule has 0 fully saturated rings. The van der Waals surface area contributed by atoms with Crippen molar-refractivity contribution in [1.82, 2.24) is 0 Å². The first-order valence-corrected chi connectivity index (χ1v) is 2.76. The van der Waals surface area contributed by atoms with E-state index < -0.39 is 14.5 Å². The molecule has 0 heterocycles. The van der Waals surface area contributed by atoms with E-state index in [2.05, 4.69) is 0 Å². The Morgan fingerprint density at radius 2 is 1.40 bits per heavy atom. The Balaban J connectivity index is 0. The van der Waals surface area contributed by atoms with Crippen molar-refractivity contribution in [2.24, 2.45) is 0 Å². The largest absolute Gasteiger partial charge is 0 e. The number of hydrogen-bond acceptors (Lipinski definition) is 1. The van der Waals surface area contributed by atoms with Crippen LogP contribution in [0.1, 0.15) is 0 Å². The summed E-state index contributed by atoms with van der Waals surface area (Å²) in [5.74, 6) is 0. The molecule has 0 aliphatic rings. The maximum atomic E-state index is 8.76. The van der Waals surface area contributed by atoms with Crippen molar-refractivity contribution in [3.05, 3.63) is 0 Å². The van der Waals surface area contributed by atoms with Gasteiger partial charge >= 0.3 is 26.7 Å². The van der Waals surface area contributed by atoms with Crippen molar-refractivity contribution in [2.75, 3.05) is 0 Å². The minimum atomic E-state index is -3.29. The summed E-state index contributed by atoms with van der Waals surface area (Å²) in [7, 11) is 0. The second-order valence-electron chi connectivity index (χ2n) is 0.231. The molecule has 2 N–H and O–H groups in total. The molecule has 5 heteroatoms. The van der Waals surface area contributed by atoms with Crippen LogP contribution in [0.2, 0.25) is 0 Å². The van der Waals surface area contributed by atoms with Gasteiger partial charge in [-0.15, -0.1) is 0 Å². The molecule has 3 radical (unpaired) electrons. The Kier molecular flexibility index (Phi) is 9.68. The molecule has 0 aliphatic heterocycles. The van der Waals surface area contributed by atoms with Gasteiger partial charge in [-0.1, -0.05) is 0 Å². The molecule has 0 unspecified atom stereocenters. The van der Waals surface area contributed by atoms with Gasteiger partial charge in [-0.05, 0) is 0 Å².